The molecule has 0 atom stereocenters. The molecule has 0 aromatic heterocycles. The Balaban J connectivity index is 2.11. The average molecular weight is 216 g/mol. The molecule has 1 fully saturated rings. The van der Waals surface area contributed by atoms with Gasteiger partial charge in [-0.25, -0.2) is 0 Å². The number of benzene rings is 1. The SMILES string of the molecule is C=C(c1ccc(C(C)C)cc1)N1CCNC1. The fourth-order valence-electron chi connectivity index (χ4n) is 1.98. The number of hydrogen-bond donors (Lipinski definition) is 1. The largest absolute Gasteiger partial charge is 0.357 e. The zero-order chi connectivity index (χ0) is 11.5. The molecule has 16 heavy (non-hydrogen) atoms. The summed E-state index contributed by atoms with van der Waals surface area (Å²) in [5.74, 6) is 0.593. The standard InChI is InChI=1S/C14H20N2/c1-11(2)13-4-6-14(7-5-13)12(3)16-9-8-15-10-16/h4-7,11,15H,3,8-10H2,1-2H3. The minimum Gasteiger partial charge on any atom is -0.357 e. The summed E-state index contributed by atoms with van der Waals surface area (Å²) in [5, 5.41) is 3.32. The van der Waals surface area contributed by atoms with Crippen LogP contribution in [-0.2, 0) is 0 Å². The molecule has 1 heterocycles. The first-order valence-corrected chi connectivity index (χ1v) is 5.93. The molecule has 1 N–H and O–H groups in total. The molecule has 0 spiro atoms. The van der Waals surface area contributed by atoms with E-state index in [0.717, 1.165) is 25.5 Å². The van der Waals surface area contributed by atoms with Crippen molar-refractivity contribution >= 4 is 5.70 Å². The van der Waals surface area contributed by atoms with Crippen LogP contribution in [0.1, 0.15) is 30.9 Å². The Hall–Kier alpha value is -1.28. The molecule has 0 unspecified atom stereocenters. The molecule has 1 saturated heterocycles. The lowest BCUT2D eigenvalue weighted by Crippen LogP contribution is -2.19. The molecule has 1 aromatic rings. The van der Waals surface area contributed by atoms with E-state index in [9.17, 15) is 0 Å². The number of rotatable bonds is 3. The van der Waals surface area contributed by atoms with Gasteiger partial charge in [0, 0.05) is 18.8 Å². The maximum atomic E-state index is 4.17. The Morgan fingerprint density at radius 2 is 2.00 bits per heavy atom. The summed E-state index contributed by atoms with van der Waals surface area (Å²) < 4.78 is 0. The average Bonchev–Trinajstić information content (AvgIpc) is 2.81. The third kappa shape index (κ3) is 2.27. The fraction of sp³-hybridized carbons (Fsp3) is 0.429. The Morgan fingerprint density at radius 1 is 1.31 bits per heavy atom. The van der Waals surface area contributed by atoms with E-state index in [0.29, 0.717) is 5.92 Å². The summed E-state index contributed by atoms with van der Waals surface area (Å²) in [4.78, 5) is 2.28. The van der Waals surface area contributed by atoms with E-state index in [2.05, 4.69) is 54.9 Å². The summed E-state index contributed by atoms with van der Waals surface area (Å²) >= 11 is 0. The van der Waals surface area contributed by atoms with Crippen molar-refractivity contribution in [3.63, 3.8) is 0 Å². The van der Waals surface area contributed by atoms with E-state index in [4.69, 9.17) is 0 Å². The van der Waals surface area contributed by atoms with Gasteiger partial charge in [-0.3, -0.25) is 5.32 Å². The summed E-state index contributed by atoms with van der Waals surface area (Å²) in [6.45, 7) is 11.6. The topological polar surface area (TPSA) is 15.3 Å². The maximum Gasteiger partial charge on any atom is 0.0683 e. The Bertz CT molecular complexity index is 359. The lowest BCUT2D eigenvalue weighted by molar-refractivity contribution is 0.487. The van der Waals surface area contributed by atoms with Crippen molar-refractivity contribution in [2.45, 2.75) is 19.8 Å². The summed E-state index contributed by atoms with van der Waals surface area (Å²) in [6.07, 6.45) is 0. The normalized spacial score (nSPS) is 15.8. The molecule has 2 rings (SSSR count). The van der Waals surface area contributed by atoms with Gasteiger partial charge in [0.05, 0.1) is 6.67 Å². The van der Waals surface area contributed by atoms with Gasteiger partial charge in [-0.15, -0.1) is 0 Å². The lowest BCUT2D eigenvalue weighted by Gasteiger charge is -2.20. The van der Waals surface area contributed by atoms with Gasteiger partial charge in [0.15, 0.2) is 0 Å². The molecule has 1 aliphatic rings. The van der Waals surface area contributed by atoms with E-state index in [1.165, 1.54) is 11.1 Å². The van der Waals surface area contributed by atoms with Gasteiger partial charge >= 0.3 is 0 Å². The third-order valence-corrected chi connectivity index (χ3v) is 3.15. The zero-order valence-electron chi connectivity index (χ0n) is 10.2. The van der Waals surface area contributed by atoms with Gasteiger partial charge in [-0.05, 0) is 17.0 Å². The van der Waals surface area contributed by atoms with E-state index in [-0.39, 0.29) is 0 Å². The highest BCUT2D eigenvalue weighted by molar-refractivity contribution is 5.62. The van der Waals surface area contributed by atoms with Gasteiger partial charge in [0.25, 0.3) is 0 Å². The minimum atomic E-state index is 0.593. The minimum absolute atomic E-state index is 0.593. The molecule has 1 aromatic carbocycles. The first kappa shape index (κ1) is 11.2. The molecule has 0 bridgehead atoms. The second kappa shape index (κ2) is 4.71. The number of hydrogen-bond acceptors (Lipinski definition) is 2. The van der Waals surface area contributed by atoms with Crippen molar-refractivity contribution < 1.29 is 0 Å². The Morgan fingerprint density at radius 3 is 2.50 bits per heavy atom. The van der Waals surface area contributed by atoms with Crippen molar-refractivity contribution in [3.05, 3.63) is 42.0 Å². The van der Waals surface area contributed by atoms with Crippen LogP contribution in [0.3, 0.4) is 0 Å². The number of nitrogens with one attached hydrogen (secondary N) is 1. The van der Waals surface area contributed by atoms with Gasteiger partial charge in [-0.2, -0.15) is 0 Å². The van der Waals surface area contributed by atoms with Crippen LogP contribution in [0.2, 0.25) is 0 Å². The summed E-state index contributed by atoms with van der Waals surface area (Å²) in [6, 6.07) is 8.76. The molecule has 86 valence electrons. The highest BCUT2D eigenvalue weighted by atomic mass is 15.3. The zero-order valence-corrected chi connectivity index (χ0v) is 10.2. The van der Waals surface area contributed by atoms with E-state index >= 15 is 0 Å². The highest BCUT2D eigenvalue weighted by Gasteiger charge is 2.13. The highest BCUT2D eigenvalue weighted by Crippen LogP contribution is 2.21. The van der Waals surface area contributed by atoms with Gasteiger partial charge in [0.1, 0.15) is 0 Å². The molecule has 0 aliphatic carbocycles. The molecular formula is C14H20N2. The monoisotopic (exact) mass is 216 g/mol. The quantitative estimate of drug-likeness (QED) is 0.835. The molecule has 0 radical (unpaired) electrons. The van der Waals surface area contributed by atoms with Crippen LogP contribution in [0.5, 0.6) is 0 Å². The lowest BCUT2D eigenvalue weighted by atomic mass is 10.0. The molecule has 1 aliphatic heterocycles. The summed E-state index contributed by atoms with van der Waals surface area (Å²) in [7, 11) is 0. The smallest absolute Gasteiger partial charge is 0.0683 e. The summed E-state index contributed by atoms with van der Waals surface area (Å²) in [5.41, 5.74) is 3.74. The van der Waals surface area contributed by atoms with Crippen molar-refractivity contribution in [3.8, 4) is 0 Å². The van der Waals surface area contributed by atoms with Gasteiger partial charge < -0.3 is 4.90 Å². The van der Waals surface area contributed by atoms with Gasteiger partial charge in [-0.1, -0.05) is 44.7 Å². The Labute approximate surface area is 98.0 Å². The third-order valence-electron chi connectivity index (χ3n) is 3.15. The van der Waals surface area contributed by atoms with Crippen LogP contribution in [0.15, 0.2) is 30.8 Å². The van der Waals surface area contributed by atoms with Crippen LogP contribution in [0, 0.1) is 0 Å². The van der Waals surface area contributed by atoms with Crippen molar-refractivity contribution in [1.82, 2.24) is 10.2 Å². The van der Waals surface area contributed by atoms with Crippen LogP contribution in [0.25, 0.3) is 5.70 Å². The molecule has 2 heteroatoms. The molecule has 2 nitrogen and oxygen atoms in total. The predicted molar refractivity (Wildman–Crippen MR) is 69.1 cm³/mol. The van der Waals surface area contributed by atoms with Crippen LogP contribution in [-0.4, -0.2) is 24.7 Å². The molecule has 0 saturated carbocycles. The number of nitrogens with zero attached hydrogens (tertiary/aromatic N) is 1. The van der Waals surface area contributed by atoms with E-state index in [1.807, 2.05) is 0 Å². The fourth-order valence-corrected chi connectivity index (χ4v) is 1.98. The first-order valence-electron chi connectivity index (χ1n) is 5.93. The predicted octanol–water partition coefficient (Wildman–Crippen LogP) is 2.64. The van der Waals surface area contributed by atoms with Crippen molar-refractivity contribution in [1.29, 1.82) is 0 Å². The maximum absolute atomic E-state index is 4.17. The van der Waals surface area contributed by atoms with Crippen molar-refractivity contribution in [2.24, 2.45) is 0 Å². The Kier molecular flexibility index (Phi) is 3.30. The van der Waals surface area contributed by atoms with Crippen LogP contribution in [0.4, 0.5) is 0 Å². The second-order valence-corrected chi connectivity index (χ2v) is 4.64. The molecular weight excluding hydrogens is 196 g/mol. The first-order chi connectivity index (χ1) is 7.68. The van der Waals surface area contributed by atoms with E-state index in [1.54, 1.807) is 0 Å². The van der Waals surface area contributed by atoms with Crippen LogP contribution < -0.4 is 5.32 Å². The van der Waals surface area contributed by atoms with Crippen molar-refractivity contribution in [2.75, 3.05) is 19.8 Å². The van der Waals surface area contributed by atoms with Gasteiger partial charge in [0.2, 0.25) is 0 Å². The van der Waals surface area contributed by atoms with Crippen LogP contribution >= 0.6 is 0 Å². The van der Waals surface area contributed by atoms with E-state index < -0.39 is 0 Å². The molecule has 0 amide bonds. The second-order valence-electron chi connectivity index (χ2n) is 4.64.